The highest BCUT2D eigenvalue weighted by Gasteiger charge is 2.29. The molecule has 0 aromatic heterocycles. The van der Waals surface area contributed by atoms with Gasteiger partial charge in [0.2, 0.25) is 10.0 Å². The van der Waals surface area contributed by atoms with Crippen LogP contribution in [-0.4, -0.2) is 38.2 Å². The zero-order valence-corrected chi connectivity index (χ0v) is 12.2. The van der Waals surface area contributed by atoms with Crippen LogP contribution in [0.15, 0.2) is 23.1 Å². The largest absolute Gasteiger partial charge is 0.478 e. The Morgan fingerprint density at radius 2 is 2.24 bits per heavy atom. The van der Waals surface area contributed by atoms with Gasteiger partial charge in [0.1, 0.15) is 10.7 Å². The molecule has 0 aliphatic carbocycles. The fraction of sp³-hybridized carbons (Fsp3) is 0.462. The summed E-state index contributed by atoms with van der Waals surface area (Å²) >= 11 is 0. The molecule has 2 N–H and O–H groups in total. The molecule has 1 aliphatic rings. The maximum atomic E-state index is 13.7. The van der Waals surface area contributed by atoms with Crippen LogP contribution in [0.1, 0.15) is 30.1 Å². The van der Waals surface area contributed by atoms with Crippen molar-refractivity contribution >= 4 is 16.0 Å². The summed E-state index contributed by atoms with van der Waals surface area (Å²) in [6.07, 6.45) is 1.31. The number of benzene rings is 1. The first-order valence-electron chi connectivity index (χ1n) is 6.48. The Labute approximate surface area is 122 Å². The molecule has 1 fully saturated rings. The highest BCUT2D eigenvalue weighted by atomic mass is 32.2. The quantitative estimate of drug-likeness (QED) is 0.855. The standard InChI is InChI=1S/C13H16FNO5S/c1-8(11-3-2-6-20-11)15-21(18,19)12-7-9(13(16)17)4-5-10(12)14/h4-5,7-8,11,15H,2-3,6H2,1H3,(H,16,17). The van der Waals surface area contributed by atoms with E-state index in [1.165, 1.54) is 0 Å². The Morgan fingerprint density at radius 1 is 1.52 bits per heavy atom. The average Bonchev–Trinajstić information content (AvgIpc) is 2.92. The monoisotopic (exact) mass is 317 g/mol. The van der Waals surface area contributed by atoms with E-state index in [-0.39, 0.29) is 11.7 Å². The molecular weight excluding hydrogens is 301 g/mol. The highest BCUT2D eigenvalue weighted by Crippen LogP contribution is 2.20. The van der Waals surface area contributed by atoms with Gasteiger partial charge in [0.15, 0.2) is 0 Å². The Kier molecular flexibility index (Phi) is 4.60. The number of carbonyl (C=O) groups is 1. The predicted octanol–water partition coefficient (Wildman–Crippen LogP) is 1.37. The van der Waals surface area contributed by atoms with Crippen LogP contribution >= 0.6 is 0 Å². The van der Waals surface area contributed by atoms with Gasteiger partial charge in [-0.25, -0.2) is 22.3 Å². The van der Waals surface area contributed by atoms with Crippen molar-refractivity contribution in [3.05, 3.63) is 29.6 Å². The zero-order valence-electron chi connectivity index (χ0n) is 11.4. The van der Waals surface area contributed by atoms with Crippen LogP contribution in [0.2, 0.25) is 0 Å². The van der Waals surface area contributed by atoms with Gasteiger partial charge in [-0.05, 0) is 38.0 Å². The molecule has 0 spiro atoms. The molecule has 6 nitrogen and oxygen atoms in total. The molecule has 21 heavy (non-hydrogen) atoms. The van der Waals surface area contributed by atoms with Gasteiger partial charge in [-0.2, -0.15) is 0 Å². The second-order valence-electron chi connectivity index (χ2n) is 4.91. The van der Waals surface area contributed by atoms with Crippen LogP contribution in [0.25, 0.3) is 0 Å². The van der Waals surface area contributed by atoms with E-state index in [9.17, 15) is 17.6 Å². The summed E-state index contributed by atoms with van der Waals surface area (Å²) < 4.78 is 45.8. The number of hydrogen-bond acceptors (Lipinski definition) is 4. The van der Waals surface area contributed by atoms with Gasteiger partial charge in [0.05, 0.1) is 11.7 Å². The van der Waals surface area contributed by atoms with E-state index in [1.807, 2.05) is 0 Å². The number of halogens is 1. The Balaban J connectivity index is 2.26. The first-order valence-corrected chi connectivity index (χ1v) is 7.96. The van der Waals surface area contributed by atoms with Gasteiger partial charge >= 0.3 is 5.97 Å². The van der Waals surface area contributed by atoms with E-state index in [1.54, 1.807) is 6.92 Å². The van der Waals surface area contributed by atoms with Crippen molar-refractivity contribution in [3.63, 3.8) is 0 Å². The molecule has 1 aliphatic heterocycles. The van der Waals surface area contributed by atoms with Gasteiger partial charge in [-0.1, -0.05) is 0 Å². The minimum absolute atomic E-state index is 0.259. The van der Waals surface area contributed by atoms with Crippen LogP contribution in [0, 0.1) is 5.82 Å². The van der Waals surface area contributed by atoms with E-state index >= 15 is 0 Å². The van der Waals surface area contributed by atoms with Crippen molar-refractivity contribution in [1.82, 2.24) is 4.72 Å². The van der Waals surface area contributed by atoms with Crippen molar-refractivity contribution in [2.75, 3.05) is 6.61 Å². The lowest BCUT2D eigenvalue weighted by atomic mass is 10.1. The molecule has 0 radical (unpaired) electrons. The predicted molar refractivity (Wildman–Crippen MR) is 72.1 cm³/mol. The lowest BCUT2D eigenvalue weighted by Crippen LogP contribution is -2.41. The fourth-order valence-electron chi connectivity index (χ4n) is 2.22. The average molecular weight is 317 g/mol. The van der Waals surface area contributed by atoms with Crippen molar-refractivity contribution in [1.29, 1.82) is 0 Å². The molecule has 2 rings (SSSR count). The highest BCUT2D eigenvalue weighted by molar-refractivity contribution is 7.89. The van der Waals surface area contributed by atoms with E-state index in [4.69, 9.17) is 9.84 Å². The molecule has 0 amide bonds. The molecule has 1 aromatic carbocycles. The second-order valence-corrected chi connectivity index (χ2v) is 6.59. The van der Waals surface area contributed by atoms with Crippen LogP contribution in [0.5, 0.6) is 0 Å². The maximum absolute atomic E-state index is 13.7. The van der Waals surface area contributed by atoms with E-state index in [0.717, 1.165) is 31.0 Å². The summed E-state index contributed by atoms with van der Waals surface area (Å²) in [4.78, 5) is 10.2. The van der Waals surface area contributed by atoms with Crippen LogP contribution in [0.4, 0.5) is 4.39 Å². The number of nitrogens with one attached hydrogen (secondary N) is 1. The first-order chi connectivity index (χ1) is 9.81. The summed E-state index contributed by atoms with van der Waals surface area (Å²) in [5, 5.41) is 8.86. The topological polar surface area (TPSA) is 92.7 Å². The van der Waals surface area contributed by atoms with Crippen LogP contribution in [-0.2, 0) is 14.8 Å². The Hall–Kier alpha value is -1.51. The number of sulfonamides is 1. The Morgan fingerprint density at radius 3 is 2.81 bits per heavy atom. The molecule has 2 atom stereocenters. The van der Waals surface area contributed by atoms with Gasteiger partial charge in [-0.15, -0.1) is 0 Å². The van der Waals surface area contributed by atoms with Gasteiger partial charge in [-0.3, -0.25) is 0 Å². The summed E-state index contributed by atoms with van der Waals surface area (Å²) in [5.74, 6) is -2.31. The number of hydrogen-bond donors (Lipinski definition) is 2. The molecule has 116 valence electrons. The third-order valence-electron chi connectivity index (χ3n) is 3.33. The Bertz CT molecular complexity index is 640. The molecular formula is C13H16FNO5S. The SMILES string of the molecule is CC(NS(=O)(=O)c1cc(C(=O)O)ccc1F)C1CCCO1. The number of carboxylic acid groups (broad SMARTS) is 1. The van der Waals surface area contributed by atoms with E-state index < -0.39 is 32.7 Å². The zero-order chi connectivity index (χ0) is 15.6. The van der Waals surface area contributed by atoms with Gasteiger partial charge in [0, 0.05) is 12.6 Å². The third kappa shape index (κ3) is 3.58. The van der Waals surface area contributed by atoms with Crippen molar-refractivity contribution in [3.8, 4) is 0 Å². The van der Waals surface area contributed by atoms with Gasteiger partial charge in [0.25, 0.3) is 0 Å². The third-order valence-corrected chi connectivity index (χ3v) is 4.91. The summed E-state index contributed by atoms with van der Waals surface area (Å²) in [5.41, 5.74) is -0.290. The second kappa shape index (κ2) is 6.08. The van der Waals surface area contributed by atoms with Crippen LogP contribution < -0.4 is 4.72 Å². The van der Waals surface area contributed by atoms with Crippen molar-refractivity contribution in [2.24, 2.45) is 0 Å². The molecule has 1 heterocycles. The number of aromatic carboxylic acids is 1. The lowest BCUT2D eigenvalue weighted by Gasteiger charge is -2.20. The molecule has 1 aromatic rings. The fourth-order valence-corrected chi connectivity index (χ4v) is 3.60. The molecule has 1 saturated heterocycles. The number of rotatable bonds is 5. The summed E-state index contributed by atoms with van der Waals surface area (Å²) in [6, 6.07) is 2.13. The van der Waals surface area contributed by atoms with E-state index in [0.29, 0.717) is 6.61 Å². The van der Waals surface area contributed by atoms with E-state index in [2.05, 4.69) is 4.72 Å². The summed E-state index contributed by atoms with van der Waals surface area (Å²) in [6.45, 7) is 2.20. The van der Waals surface area contributed by atoms with Gasteiger partial charge < -0.3 is 9.84 Å². The molecule has 8 heteroatoms. The summed E-state index contributed by atoms with van der Waals surface area (Å²) in [7, 11) is -4.15. The lowest BCUT2D eigenvalue weighted by molar-refractivity contribution is 0.0696. The number of ether oxygens (including phenoxy) is 1. The molecule has 0 bridgehead atoms. The minimum Gasteiger partial charge on any atom is -0.478 e. The van der Waals surface area contributed by atoms with Crippen molar-refractivity contribution in [2.45, 2.75) is 36.8 Å². The van der Waals surface area contributed by atoms with Crippen LogP contribution in [0.3, 0.4) is 0 Å². The number of carboxylic acids is 1. The smallest absolute Gasteiger partial charge is 0.335 e. The first kappa shape index (κ1) is 15.9. The normalized spacial score (nSPS) is 20.4. The molecule has 2 unspecified atom stereocenters. The van der Waals surface area contributed by atoms with Crippen molar-refractivity contribution < 1.29 is 27.4 Å². The minimum atomic E-state index is -4.15. The maximum Gasteiger partial charge on any atom is 0.335 e. The molecule has 0 saturated carbocycles.